The van der Waals surface area contributed by atoms with Gasteiger partial charge in [-0.15, -0.1) is 0 Å². The van der Waals surface area contributed by atoms with Crippen molar-refractivity contribution in [3.63, 3.8) is 0 Å². The van der Waals surface area contributed by atoms with Gasteiger partial charge in [-0.2, -0.15) is 5.10 Å². The fourth-order valence-corrected chi connectivity index (χ4v) is 3.49. The Hall–Kier alpha value is -4.31. The Morgan fingerprint density at radius 1 is 1.23 bits per heavy atom. The molecule has 0 atom stereocenters. The number of methoxy groups -OCH3 is 1. The Balaban J connectivity index is 1.55. The predicted octanol–water partition coefficient (Wildman–Crippen LogP) is 4.07. The van der Waals surface area contributed by atoms with Gasteiger partial charge in [0, 0.05) is 31.5 Å². The standard InChI is InChI=1S/C25H27N5O5/c1-33-22-5-2-4-18(10-22)14-30(8-3-9-31)25(32)29-23-7-6-19(20-12-27-28-13-20)11-24(23)35-16-21-15-34-17-26-21/h2,4-7,10-13,15,17,31H,3,8-9,14,16H2,1H3,(H,27,28)(H,29,32). The molecular formula is C25H27N5O5. The van der Waals surface area contributed by atoms with Crippen molar-refractivity contribution >= 4 is 11.7 Å². The van der Waals surface area contributed by atoms with Crippen LogP contribution >= 0.6 is 0 Å². The van der Waals surface area contributed by atoms with Crippen molar-refractivity contribution < 1.29 is 23.8 Å². The van der Waals surface area contributed by atoms with Crippen molar-refractivity contribution in [3.05, 3.63) is 78.8 Å². The Morgan fingerprint density at radius 3 is 2.89 bits per heavy atom. The molecule has 0 saturated heterocycles. The summed E-state index contributed by atoms with van der Waals surface area (Å²) in [5.41, 5.74) is 3.80. The number of H-pyrrole nitrogens is 1. The average molecular weight is 478 g/mol. The second-order valence-corrected chi connectivity index (χ2v) is 7.75. The third-order valence-electron chi connectivity index (χ3n) is 5.29. The summed E-state index contributed by atoms with van der Waals surface area (Å²) in [6.45, 7) is 0.882. The first kappa shape index (κ1) is 23.8. The summed E-state index contributed by atoms with van der Waals surface area (Å²) in [5.74, 6) is 1.19. The molecule has 0 unspecified atom stereocenters. The second-order valence-electron chi connectivity index (χ2n) is 7.75. The zero-order valence-corrected chi connectivity index (χ0v) is 19.3. The lowest BCUT2D eigenvalue weighted by Gasteiger charge is -2.24. The number of aromatic nitrogens is 3. The van der Waals surface area contributed by atoms with Crippen LogP contribution < -0.4 is 14.8 Å². The van der Waals surface area contributed by atoms with E-state index in [9.17, 15) is 9.90 Å². The van der Waals surface area contributed by atoms with E-state index in [1.165, 1.54) is 12.7 Å². The first-order valence-electron chi connectivity index (χ1n) is 11.1. The van der Waals surface area contributed by atoms with Crippen molar-refractivity contribution in [2.24, 2.45) is 0 Å². The van der Waals surface area contributed by atoms with Crippen LogP contribution in [0.4, 0.5) is 10.5 Å². The summed E-state index contributed by atoms with van der Waals surface area (Å²) < 4.78 is 16.3. The van der Waals surface area contributed by atoms with Gasteiger partial charge in [0.1, 0.15) is 30.1 Å². The number of aliphatic hydroxyl groups is 1. The van der Waals surface area contributed by atoms with E-state index in [-0.39, 0.29) is 19.2 Å². The van der Waals surface area contributed by atoms with Gasteiger partial charge in [-0.1, -0.05) is 18.2 Å². The molecule has 2 aromatic carbocycles. The molecule has 0 saturated carbocycles. The van der Waals surface area contributed by atoms with Gasteiger partial charge in [0.25, 0.3) is 0 Å². The smallest absolute Gasteiger partial charge is 0.322 e. The number of nitrogens with zero attached hydrogens (tertiary/aromatic N) is 3. The average Bonchev–Trinajstić information content (AvgIpc) is 3.61. The number of rotatable bonds is 11. The molecule has 10 heteroatoms. The quantitative estimate of drug-likeness (QED) is 0.297. The van der Waals surface area contributed by atoms with Crippen LogP contribution in [0.25, 0.3) is 11.1 Å². The minimum Gasteiger partial charge on any atom is -0.497 e. The zero-order valence-electron chi connectivity index (χ0n) is 19.3. The Kier molecular flexibility index (Phi) is 7.97. The van der Waals surface area contributed by atoms with Crippen LogP contribution in [0, 0.1) is 0 Å². The van der Waals surface area contributed by atoms with Crippen molar-refractivity contribution in [2.75, 3.05) is 25.6 Å². The monoisotopic (exact) mass is 477 g/mol. The van der Waals surface area contributed by atoms with Gasteiger partial charge in [0.2, 0.25) is 0 Å². The highest BCUT2D eigenvalue weighted by atomic mass is 16.5. The number of oxazole rings is 1. The molecule has 0 fully saturated rings. The highest BCUT2D eigenvalue weighted by Crippen LogP contribution is 2.31. The Bertz CT molecular complexity index is 1210. The second kappa shape index (κ2) is 11.7. The molecule has 35 heavy (non-hydrogen) atoms. The molecular weight excluding hydrogens is 450 g/mol. The van der Waals surface area contributed by atoms with Gasteiger partial charge >= 0.3 is 6.03 Å². The van der Waals surface area contributed by atoms with Crippen LogP contribution in [0.1, 0.15) is 17.7 Å². The third-order valence-corrected chi connectivity index (χ3v) is 5.29. The molecule has 0 radical (unpaired) electrons. The van der Waals surface area contributed by atoms with Gasteiger partial charge in [-0.05, 0) is 41.8 Å². The molecule has 4 aromatic rings. The van der Waals surface area contributed by atoms with E-state index in [1.807, 2.05) is 36.4 Å². The first-order valence-corrected chi connectivity index (χ1v) is 11.1. The number of aromatic amines is 1. The minimum absolute atomic E-state index is 0.0205. The highest BCUT2D eigenvalue weighted by molar-refractivity contribution is 5.91. The lowest BCUT2D eigenvalue weighted by Crippen LogP contribution is -2.35. The molecule has 0 spiro atoms. The highest BCUT2D eigenvalue weighted by Gasteiger charge is 2.17. The van der Waals surface area contributed by atoms with Gasteiger partial charge in [0.15, 0.2) is 6.39 Å². The summed E-state index contributed by atoms with van der Waals surface area (Å²) in [6.07, 6.45) is 6.77. The molecule has 2 aromatic heterocycles. The van der Waals surface area contributed by atoms with Crippen molar-refractivity contribution in [3.8, 4) is 22.6 Å². The molecule has 3 N–H and O–H groups in total. The number of hydrogen-bond donors (Lipinski definition) is 3. The fourth-order valence-electron chi connectivity index (χ4n) is 3.49. The molecule has 0 bridgehead atoms. The minimum atomic E-state index is -0.316. The van der Waals surface area contributed by atoms with E-state index in [1.54, 1.807) is 30.5 Å². The largest absolute Gasteiger partial charge is 0.497 e. The lowest BCUT2D eigenvalue weighted by molar-refractivity contribution is 0.199. The molecule has 0 aliphatic heterocycles. The van der Waals surface area contributed by atoms with Crippen LogP contribution in [-0.2, 0) is 13.2 Å². The molecule has 2 amide bonds. The first-order chi connectivity index (χ1) is 17.2. The summed E-state index contributed by atoms with van der Waals surface area (Å²) in [4.78, 5) is 19.0. The third kappa shape index (κ3) is 6.39. The van der Waals surface area contributed by atoms with E-state index >= 15 is 0 Å². The van der Waals surface area contributed by atoms with Crippen molar-refractivity contribution in [1.29, 1.82) is 0 Å². The summed E-state index contributed by atoms with van der Waals surface area (Å²) in [5, 5.41) is 19.1. The van der Waals surface area contributed by atoms with E-state index in [2.05, 4.69) is 20.5 Å². The Morgan fingerprint density at radius 2 is 2.14 bits per heavy atom. The number of carbonyl (C=O) groups excluding carboxylic acids is 1. The van der Waals surface area contributed by atoms with Gasteiger partial charge in [0.05, 0.1) is 19.0 Å². The fraction of sp³-hybridized carbons (Fsp3) is 0.240. The number of anilines is 1. The number of hydrogen-bond acceptors (Lipinski definition) is 7. The summed E-state index contributed by atoms with van der Waals surface area (Å²) in [6, 6.07) is 12.7. The van der Waals surface area contributed by atoms with Crippen LogP contribution in [0.15, 0.2) is 71.9 Å². The van der Waals surface area contributed by atoms with Crippen molar-refractivity contribution in [2.45, 2.75) is 19.6 Å². The number of aliphatic hydroxyl groups excluding tert-OH is 1. The summed E-state index contributed by atoms with van der Waals surface area (Å²) in [7, 11) is 1.60. The Labute approximate surface area is 202 Å². The van der Waals surface area contributed by atoms with Crippen LogP contribution in [0.2, 0.25) is 0 Å². The van der Waals surface area contributed by atoms with Crippen LogP contribution in [0.5, 0.6) is 11.5 Å². The van der Waals surface area contributed by atoms with Gasteiger partial charge in [-0.25, -0.2) is 9.78 Å². The predicted molar refractivity (Wildman–Crippen MR) is 129 cm³/mol. The van der Waals surface area contributed by atoms with Gasteiger partial charge in [-0.3, -0.25) is 5.10 Å². The van der Waals surface area contributed by atoms with Crippen molar-refractivity contribution in [1.82, 2.24) is 20.1 Å². The van der Waals surface area contributed by atoms with E-state index in [0.717, 1.165) is 16.7 Å². The topological polar surface area (TPSA) is 126 Å². The molecule has 10 nitrogen and oxygen atoms in total. The lowest BCUT2D eigenvalue weighted by atomic mass is 10.1. The number of carbonyl (C=O) groups is 1. The SMILES string of the molecule is COc1cccc(CN(CCCO)C(=O)Nc2ccc(-c3cn[nH]c3)cc2OCc2cocn2)c1. The zero-order chi connectivity index (χ0) is 24.5. The normalized spacial score (nSPS) is 10.7. The van der Waals surface area contributed by atoms with E-state index in [4.69, 9.17) is 13.9 Å². The molecule has 2 heterocycles. The number of urea groups is 1. The van der Waals surface area contributed by atoms with Gasteiger partial charge < -0.3 is 29.2 Å². The van der Waals surface area contributed by atoms with Crippen LogP contribution in [0.3, 0.4) is 0 Å². The number of ether oxygens (including phenoxy) is 2. The van der Waals surface area contributed by atoms with E-state index < -0.39 is 0 Å². The van der Waals surface area contributed by atoms with E-state index in [0.29, 0.717) is 42.4 Å². The maximum atomic E-state index is 13.3. The summed E-state index contributed by atoms with van der Waals surface area (Å²) >= 11 is 0. The van der Waals surface area contributed by atoms with Crippen LogP contribution in [-0.4, -0.2) is 51.5 Å². The number of benzene rings is 2. The molecule has 4 rings (SSSR count). The number of nitrogens with one attached hydrogen (secondary N) is 2. The molecule has 0 aliphatic rings. The maximum Gasteiger partial charge on any atom is 0.322 e. The molecule has 182 valence electrons. The maximum absolute atomic E-state index is 13.3. The molecule has 0 aliphatic carbocycles. The number of amides is 2.